The second-order valence-corrected chi connectivity index (χ2v) is 5.61. The van der Waals surface area contributed by atoms with E-state index in [1.54, 1.807) is 0 Å². The van der Waals surface area contributed by atoms with Gasteiger partial charge in [0, 0.05) is 20.8 Å². The summed E-state index contributed by atoms with van der Waals surface area (Å²) in [6, 6.07) is -2.08. The molecule has 1 rings (SSSR count). The second kappa shape index (κ2) is 8.52. The van der Waals surface area contributed by atoms with Crippen molar-refractivity contribution in [3.05, 3.63) is 0 Å². The van der Waals surface area contributed by atoms with Crippen molar-refractivity contribution in [2.45, 2.75) is 51.0 Å². The Morgan fingerprint density at radius 1 is 1.11 bits per heavy atom. The fourth-order valence-corrected chi connectivity index (χ4v) is 2.29. The summed E-state index contributed by atoms with van der Waals surface area (Å²) >= 11 is 0. The average molecular weight is 401 g/mol. The molecule has 1 heterocycles. The van der Waals surface area contributed by atoms with Gasteiger partial charge >= 0.3 is 30.0 Å². The minimum absolute atomic E-state index is 0.617. The van der Waals surface area contributed by atoms with Crippen LogP contribution < -0.4 is 5.32 Å². The molecule has 1 aliphatic heterocycles. The van der Waals surface area contributed by atoms with Gasteiger partial charge in [-0.2, -0.15) is 13.2 Å². The summed E-state index contributed by atoms with van der Waals surface area (Å²) < 4.78 is 57.2. The van der Waals surface area contributed by atoms with E-state index in [0.29, 0.717) is 0 Å². The molecule has 0 radical (unpaired) electrons. The Bertz CT molecular complexity index is 609. The first kappa shape index (κ1) is 22.6. The molecule has 0 aromatic heterocycles. The number of alkyl halides is 3. The summed E-state index contributed by atoms with van der Waals surface area (Å²) in [4.78, 5) is 44.9. The maximum absolute atomic E-state index is 12.7. The number of nitrogens with one attached hydrogen (secondary N) is 1. The molecule has 2 N–H and O–H groups in total. The Hall–Kier alpha value is -2.41. The number of esters is 3. The van der Waals surface area contributed by atoms with Gasteiger partial charge in [0.2, 0.25) is 5.79 Å². The molecule has 1 aliphatic rings. The van der Waals surface area contributed by atoms with Crippen molar-refractivity contribution >= 4 is 23.8 Å². The first-order valence-electron chi connectivity index (χ1n) is 7.48. The highest BCUT2D eigenvalue weighted by molar-refractivity contribution is 5.82. The van der Waals surface area contributed by atoms with Crippen LogP contribution in [0.25, 0.3) is 0 Å². The van der Waals surface area contributed by atoms with Crippen LogP contribution in [0.3, 0.4) is 0 Å². The SMILES string of the molecule is CC(=O)OCC1(O)OCC(OC(C)=O)C(OC(C)=O)C1NC(=O)C(F)(F)F. The van der Waals surface area contributed by atoms with E-state index in [1.165, 1.54) is 5.32 Å². The standard InChI is InChI=1S/C14H18F3NO9/c1-6(19)24-5-13(23)11(18-12(22)14(15,16)17)10(27-8(3)21)9(4-25-13)26-7(2)20/h9-11,23H,4-5H2,1-3H3,(H,18,22). The van der Waals surface area contributed by atoms with Gasteiger partial charge in [-0.05, 0) is 0 Å². The Kier molecular flexibility index (Phi) is 7.14. The minimum atomic E-state index is -5.35. The summed E-state index contributed by atoms with van der Waals surface area (Å²) in [5, 5.41) is 11.9. The van der Waals surface area contributed by atoms with E-state index in [4.69, 9.17) is 14.2 Å². The van der Waals surface area contributed by atoms with E-state index >= 15 is 0 Å². The van der Waals surface area contributed by atoms with E-state index < -0.39 is 67.2 Å². The lowest BCUT2D eigenvalue weighted by Crippen LogP contribution is -2.71. The van der Waals surface area contributed by atoms with Crippen LogP contribution in [-0.4, -0.2) is 72.3 Å². The third kappa shape index (κ3) is 6.36. The second-order valence-electron chi connectivity index (χ2n) is 5.61. The maximum Gasteiger partial charge on any atom is 0.471 e. The van der Waals surface area contributed by atoms with Crippen LogP contribution in [-0.2, 0) is 38.1 Å². The van der Waals surface area contributed by atoms with E-state index in [0.717, 1.165) is 20.8 Å². The number of hydrogen-bond donors (Lipinski definition) is 2. The average Bonchev–Trinajstić information content (AvgIpc) is 2.50. The van der Waals surface area contributed by atoms with Crippen LogP contribution in [0, 0.1) is 0 Å². The lowest BCUT2D eigenvalue weighted by Gasteiger charge is -2.45. The molecule has 0 aliphatic carbocycles. The van der Waals surface area contributed by atoms with Gasteiger partial charge in [0.15, 0.2) is 12.2 Å². The fourth-order valence-electron chi connectivity index (χ4n) is 2.29. The predicted molar refractivity (Wildman–Crippen MR) is 76.6 cm³/mol. The molecule has 1 fully saturated rings. The molecule has 0 saturated carbocycles. The third-order valence-electron chi connectivity index (χ3n) is 3.32. The smallest absolute Gasteiger partial charge is 0.460 e. The predicted octanol–water partition coefficient (Wildman–Crippen LogP) is -0.821. The largest absolute Gasteiger partial charge is 0.471 e. The van der Waals surface area contributed by atoms with E-state index in [-0.39, 0.29) is 0 Å². The van der Waals surface area contributed by atoms with E-state index in [9.17, 15) is 37.5 Å². The molecule has 1 saturated heterocycles. The quantitative estimate of drug-likeness (QED) is 0.447. The number of aliphatic hydroxyl groups is 1. The Morgan fingerprint density at radius 2 is 1.67 bits per heavy atom. The zero-order valence-electron chi connectivity index (χ0n) is 14.5. The molecular weight excluding hydrogens is 383 g/mol. The van der Waals surface area contributed by atoms with Gasteiger partial charge in [0.25, 0.3) is 0 Å². The number of carbonyl (C=O) groups is 4. The number of amides is 1. The van der Waals surface area contributed by atoms with Gasteiger partial charge in [-0.3, -0.25) is 19.2 Å². The van der Waals surface area contributed by atoms with Gasteiger partial charge in [-0.25, -0.2) is 0 Å². The van der Waals surface area contributed by atoms with Crippen molar-refractivity contribution in [3.63, 3.8) is 0 Å². The van der Waals surface area contributed by atoms with Gasteiger partial charge in [0.1, 0.15) is 12.6 Å². The van der Waals surface area contributed by atoms with Crippen LogP contribution in [0.1, 0.15) is 20.8 Å². The summed E-state index contributed by atoms with van der Waals surface area (Å²) in [5.41, 5.74) is 0. The Labute approximate surface area is 150 Å². The number of carbonyl (C=O) groups excluding carboxylic acids is 4. The lowest BCUT2D eigenvalue weighted by atomic mass is 9.93. The molecular formula is C14H18F3NO9. The number of hydrogen-bond acceptors (Lipinski definition) is 9. The number of rotatable bonds is 5. The van der Waals surface area contributed by atoms with Crippen LogP contribution in [0.15, 0.2) is 0 Å². The topological polar surface area (TPSA) is 137 Å². The zero-order valence-corrected chi connectivity index (χ0v) is 14.5. The molecule has 0 bridgehead atoms. The van der Waals surface area contributed by atoms with Crippen LogP contribution in [0.2, 0.25) is 0 Å². The summed E-state index contributed by atoms with van der Waals surface area (Å²) in [5.74, 6) is -7.96. The molecule has 154 valence electrons. The van der Waals surface area contributed by atoms with Crippen molar-refractivity contribution < 1.29 is 56.4 Å². The summed E-state index contributed by atoms with van der Waals surface area (Å²) in [6.45, 7) is 1.24. The number of halogens is 3. The van der Waals surface area contributed by atoms with Crippen molar-refractivity contribution in [1.29, 1.82) is 0 Å². The third-order valence-corrected chi connectivity index (χ3v) is 3.32. The van der Waals surface area contributed by atoms with Gasteiger partial charge in [-0.15, -0.1) is 0 Å². The maximum atomic E-state index is 12.7. The molecule has 13 heteroatoms. The lowest BCUT2D eigenvalue weighted by molar-refractivity contribution is -0.303. The van der Waals surface area contributed by atoms with E-state index in [1.807, 2.05) is 0 Å². The fraction of sp³-hybridized carbons (Fsp3) is 0.714. The highest BCUT2D eigenvalue weighted by atomic mass is 19.4. The molecule has 0 aromatic rings. The highest BCUT2D eigenvalue weighted by Crippen LogP contribution is 2.29. The molecule has 0 spiro atoms. The number of ether oxygens (including phenoxy) is 4. The monoisotopic (exact) mass is 401 g/mol. The van der Waals surface area contributed by atoms with Gasteiger partial charge in [0.05, 0.1) is 6.61 Å². The first-order chi connectivity index (χ1) is 12.3. The Morgan fingerprint density at radius 3 is 2.11 bits per heavy atom. The molecule has 4 atom stereocenters. The van der Waals surface area contributed by atoms with Crippen LogP contribution in [0.5, 0.6) is 0 Å². The van der Waals surface area contributed by atoms with Gasteiger partial charge < -0.3 is 29.4 Å². The molecule has 0 aromatic carbocycles. The van der Waals surface area contributed by atoms with Crippen LogP contribution in [0.4, 0.5) is 13.2 Å². The van der Waals surface area contributed by atoms with E-state index in [2.05, 4.69) is 4.74 Å². The van der Waals surface area contributed by atoms with Gasteiger partial charge in [-0.1, -0.05) is 0 Å². The molecule has 4 unspecified atom stereocenters. The summed E-state index contributed by atoms with van der Waals surface area (Å²) in [7, 11) is 0. The zero-order chi connectivity index (χ0) is 21.0. The molecule has 1 amide bonds. The Balaban J connectivity index is 3.26. The van der Waals surface area contributed by atoms with Crippen LogP contribution >= 0.6 is 0 Å². The van der Waals surface area contributed by atoms with Crippen molar-refractivity contribution in [2.24, 2.45) is 0 Å². The normalized spacial score (nSPS) is 28.0. The molecule has 10 nitrogen and oxygen atoms in total. The summed E-state index contributed by atoms with van der Waals surface area (Å²) in [6.07, 6.45) is -8.55. The van der Waals surface area contributed by atoms with Crippen molar-refractivity contribution in [3.8, 4) is 0 Å². The highest BCUT2D eigenvalue weighted by Gasteiger charge is 2.56. The van der Waals surface area contributed by atoms with Crippen molar-refractivity contribution in [2.75, 3.05) is 13.2 Å². The first-order valence-corrected chi connectivity index (χ1v) is 7.48. The van der Waals surface area contributed by atoms with Crippen molar-refractivity contribution in [1.82, 2.24) is 5.32 Å². The minimum Gasteiger partial charge on any atom is -0.460 e. The molecule has 27 heavy (non-hydrogen) atoms.